The van der Waals surface area contributed by atoms with Crippen LogP contribution in [0.3, 0.4) is 0 Å². The molecule has 142 valence electrons. The lowest BCUT2D eigenvalue weighted by molar-refractivity contribution is 0.0300. The Hall–Kier alpha value is -2.45. The largest absolute Gasteiger partial charge is 0.507 e. The quantitative estimate of drug-likeness (QED) is 0.842. The Morgan fingerprint density at radius 3 is 2.56 bits per heavy atom. The predicted octanol–water partition coefficient (Wildman–Crippen LogP) is 0.911. The first-order valence-corrected chi connectivity index (χ1v) is 10.7. The van der Waals surface area contributed by atoms with Gasteiger partial charge < -0.3 is 10.0 Å². The number of fused-ring (bicyclic) bond motifs is 1. The third-order valence-electron chi connectivity index (χ3n) is 5.28. The molecule has 2 atom stereocenters. The van der Waals surface area contributed by atoms with Gasteiger partial charge in [-0.25, -0.2) is 8.42 Å². The minimum absolute atomic E-state index is 0.0368. The number of rotatable bonds is 3. The van der Waals surface area contributed by atoms with Crippen LogP contribution >= 0.6 is 0 Å². The van der Waals surface area contributed by atoms with Crippen LogP contribution in [0.2, 0.25) is 0 Å². The zero-order valence-electron chi connectivity index (χ0n) is 14.7. The number of hydrogen-bond acceptors (Lipinski definition) is 6. The Kier molecular flexibility index (Phi) is 4.61. The average molecular weight is 387 g/mol. The number of carbonyl (C=O) groups is 1. The summed E-state index contributed by atoms with van der Waals surface area (Å²) < 4.78 is 24.7. The van der Waals surface area contributed by atoms with Crippen LogP contribution < -0.4 is 0 Å². The van der Waals surface area contributed by atoms with Gasteiger partial charge in [0.25, 0.3) is 5.91 Å². The molecule has 0 unspecified atom stereocenters. The minimum Gasteiger partial charge on any atom is -0.507 e. The number of benzene rings is 1. The topological polar surface area (TPSA) is 90.8 Å². The van der Waals surface area contributed by atoms with Gasteiger partial charge in [-0.05, 0) is 24.3 Å². The zero-order chi connectivity index (χ0) is 19.0. The fraction of sp³-hybridized carbons (Fsp3) is 0.368. The van der Waals surface area contributed by atoms with Crippen LogP contribution in [0.4, 0.5) is 0 Å². The van der Waals surface area contributed by atoms with Crippen molar-refractivity contribution in [2.45, 2.75) is 18.6 Å². The summed E-state index contributed by atoms with van der Waals surface area (Å²) in [7, 11) is -3.23. The number of sulfone groups is 1. The first-order valence-electron chi connectivity index (χ1n) is 8.88. The molecule has 2 aliphatic heterocycles. The average Bonchev–Trinajstić information content (AvgIpc) is 2.98. The van der Waals surface area contributed by atoms with Gasteiger partial charge in [-0.15, -0.1) is 0 Å². The van der Waals surface area contributed by atoms with Gasteiger partial charge in [0.2, 0.25) is 0 Å². The van der Waals surface area contributed by atoms with Crippen molar-refractivity contribution in [1.82, 2.24) is 14.8 Å². The standard InChI is InChI=1S/C19H21N3O4S/c23-18-7-2-1-6-15(18)19(24)22-10-9-21(11-14-5-3-4-8-20-14)16-12-27(25,26)13-17(16)22/h1-8,16-17,23H,9-13H2/t16-,17+/m1/s1. The number of hydrogen-bond donors (Lipinski definition) is 1. The smallest absolute Gasteiger partial charge is 0.257 e. The summed E-state index contributed by atoms with van der Waals surface area (Å²) in [6, 6.07) is 11.4. The predicted molar refractivity (Wildman–Crippen MR) is 100 cm³/mol. The molecule has 2 fully saturated rings. The fourth-order valence-corrected chi connectivity index (χ4v) is 5.99. The van der Waals surface area contributed by atoms with E-state index in [-0.39, 0.29) is 34.8 Å². The van der Waals surface area contributed by atoms with E-state index in [1.165, 1.54) is 6.07 Å². The monoisotopic (exact) mass is 387 g/mol. The maximum atomic E-state index is 13.0. The number of carbonyl (C=O) groups excluding carboxylic acids is 1. The maximum absolute atomic E-state index is 13.0. The molecule has 0 spiro atoms. The Balaban J connectivity index is 1.60. The Labute approximate surface area is 158 Å². The lowest BCUT2D eigenvalue weighted by atomic mass is 10.0. The van der Waals surface area contributed by atoms with E-state index in [1.54, 1.807) is 29.3 Å². The number of aromatic hydroxyl groups is 1. The Bertz CT molecular complexity index is 948. The molecule has 0 aliphatic carbocycles. The van der Waals surface area contributed by atoms with Gasteiger partial charge in [0.15, 0.2) is 9.84 Å². The van der Waals surface area contributed by atoms with Gasteiger partial charge in [0, 0.05) is 31.9 Å². The molecule has 2 aliphatic rings. The van der Waals surface area contributed by atoms with Gasteiger partial charge in [0.05, 0.1) is 28.8 Å². The van der Waals surface area contributed by atoms with E-state index >= 15 is 0 Å². The summed E-state index contributed by atoms with van der Waals surface area (Å²) in [6.07, 6.45) is 1.72. The van der Waals surface area contributed by atoms with Crippen LogP contribution in [-0.2, 0) is 16.4 Å². The molecule has 0 bridgehead atoms. The van der Waals surface area contributed by atoms with Crippen LogP contribution in [0.25, 0.3) is 0 Å². The number of phenols is 1. The van der Waals surface area contributed by atoms with E-state index in [9.17, 15) is 18.3 Å². The van der Waals surface area contributed by atoms with Crippen LogP contribution in [0.1, 0.15) is 16.1 Å². The Morgan fingerprint density at radius 2 is 1.81 bits per heavy atom. The molecule has 7 nitrogen and oxygen atoms in total. The van der Waals surface area contributed by atoms with Crippen molar-refractivity contribution in [3.05, 3.63) is 59.9 Å². The zero-order valence-corrected chi connectivity index (χ0v) is 15.5. The number of aromatic nitrogens is 1. The summed E-state index contributed by atoms with van der Waals surface area (Å²) in [5, 5.41) is 10.0. The molecule has 1 aromatic carbocycles. The highest BCUT2D eigenvalue weighted by atomic mass is 32.2. The summed E-state index contributed by atoms with van der Waals surface area (Å²) in [5.41, 5.74) is 1.08. The highest BCUT2D eigenvalue weighted by Crippen LogP contribution is 2.30. The molecule has 1 amide bonds. The molecule has 2 aromatic rings. The van der Waals surface area contributed by atoms with Crippen molar-refractivity contribution < 1.29 is 18.3 Å². The molecule has 0 radical (unpaired) electrons. The second-order valence-electron chi connectivity index (χ2n) is 7.02. The molecular weight excluding hydrogens is 366 g/mol. The summed E-state index contributed by atoms with van der Waals surface area (Å²) in [5.74, 6) is -0.418. The second-order valence-corrected chi connectivity index (χ2v) is 9.17. The number of pyridine rings is 1. The van der Waals surface area contributed by atoms with E-state index < -0.39 is 15.9 Å². The van der Waals surface area contributed by atoms with Crippen molar-refractivity contribution >= 4 is 15.7 Å². The van der Waals surface area contributed by atoms with E-state index in [2.05, 4.69) is 9.88 Å². The molecule has 1 aromatic heterocycles. The highest BCUT2D eigenvalue weighted by Gasteiger charge is 2.48. The second kappa shape index (κ2) is 6.94. The van der Waals surface area contributed by atoms with E-state index in [0.717, 1.165) is 5.69 Å². The number of para-hydroxylation sites is 1. The molecule has 3 heterocycles. The lowest BCUT2D eigenvalue weighted by Gasteiger charge is -2.43. The van der Waals surface area contributed by atoms with Crippen LogP contribution in [0, 0.1) is 0 Å². The number of piperazine rings is 1. The molecule has 4 rings (SSSR count). The molecule has 0 saturated carbocycles. The van der Waals surface area contributed by atoms with Crippen molar-refractivity contribution in [3.63, 3.8) is 0 Å². The molecule has 8 heteroatoms. The van der Waals surface area contributed by atoms with Gasteiger partial charge in [-0.1, -0.05) is 18.2 Å². The summed E-state index contributed by atoms with van der Waals surface area (Å²) >= 11 is 0. The van der Waals surface area contributed by atoms with E-state index in [0.29, 0.717) is 19.6 Å². The van der Waals surface area contributed by atoms with Gasteiger partial charge in [-0.3, -0.25) is 14.7 Å². The number of phenolic OH excluding ortho intramolecular Hbond substituents is 1. The van der Waals surface area contributed by atoms with E-state index in [1.807, 2.05) is 18.2 Å². The third kappa shape index (κ3) is 3.54. The fourth-order valence-electron chi connectivity index (χ4n) is 3.98. The first kappa shape index (κ1) is 17.9. The SMILES string of the molecule is O=C(c1ccccc1O)N1CCN(Cc2ccccn2)[C@@H]2CS(=O)(=O)C[C@@H]21. The summed E-state index contributed by atoms with van der Waals surface area (Å²) in [4.78, 5) is 21.0. The maximum Gasteiger partial charge on any atom is 0.257 e. The minimum atomic E-state index is -3.23. The van der Waals surface area contributed by atoms with Crippen LogP contribution in [0.15, 0.2) is 48.7 Å². The highest BCUT2D eigenvalue weighted by molar-refractivity contribution is 7.91. The van der Waals surface area contributed by atoms with Gasteiger partial charge in [0.1, 0.15) is 5.75 Å². The van der Waals surface area contributed by atoms with Crippen molar-refractivity contribution in [2.24, 2.45) is 0 Å². The number of amides is 1. The first-order chi connectivity index (χ1) is 12.9. The molecular formula is C19H21N3O4S. The third-order valence-corrected chi connectivity index (χ3v) is 6.98. The van der Waals surface area contributed by atoms with Crippen molar-refractivity contribution in [3.8, 4) is 5.75 Å². The summed E-state index contributed by atoms with van der Waals surface area (Å²) in [6.45, 7) is 1.53. The molecule has 2 saturated heterocycles. The molecule has 27 heavy (non-hydrogen) atoms. The van der Waals surface area contributed by atoms with Crippen LogP contribution in [-0.4, -0.2) is 70.9 Å². The van der Waals surface area contributed by atoms with Crippen molar-refractivity contribution in [2.75, 3.05) is 24.6 Å². The Morgan fingerprint density at radius 1 is 1.07 bits per heavy atom. The normalized spacial score (nSPS) is 24.5. The van der Waals surface area contributed by atoms with Gasteiger partial charge in [-0.2, -0.15) is 0 Å². The van der Waals surface area contributed by atoms with Crippen molar-refractivity contribution in [1.29, 1.82) is 0 Å². The molecule has 1 N–H and O–H groups in total. The van der Waals surface area contributed by atoms with Crippen LogP contribution in [0.5, 0.6) is 5.75 Å². The van der Waals surface area contributed by atoms with Gasteiger partial charge >= 0.3 is 0 Å². The number of nitrogens with zero attached hydrogens (tertiary/aromatic N) is 3. The van der Waals surface area contributed by atoms with E-state index in [4.69, 9.17) is 0 Å². The lowest BCUT2D eigenvalue weighted by Crippen LogP contribution is -2.60.